The van der Waals surface area contributed by atoms with E-state index in [2.05, 4.69) is 45.6 Å². The van der Waals surface area contributed by atoms with Crippen LogP contribution >= 0.6 is 0 Å². The highest BCUT2D eigenvalue weighted by atomic mass is 16.5. The molecule has 3 aromatic rings. The molecule has 5 aliphatic rings. The van der Waals surface area contributed by atoms with Crippen LogP contribution in [0.15, 0.2) is 36.4 Å². The molecule has 0 N–H and O–H groups in total. The standard InChI is InChI=1S/C46H60N6O6/c1-3-47(4-2)32-33-11-13-34(14-12-33)36-31-38-40-39(45(55)51(44(38)54)20-8-18-49-22-26-57-27-23-49)35(10-7-17-48-15-5-6-16-48)30-37-41(40)42(36)46(56)52(43(37)53)21-9-19-50-24-28-58-29-25-50/h11-14,30-31H,3-10,15-29,32H2,1-2H3. The summed E-state index contributed by atoms with van der Waals surface area (Å²) in [5.41, 5.74) is 5.06. The minimum Gasteiger partial charge on any atom is -0.379 e. The van der Waals surface area contributed by atoms with Crippen molar-refractivity contribution in [3.8, 4) is 11.1 Å². The molecule has 3 saturated heterocycles. The predicted octanol–water partition coefficient (Wildman–Crippen LogP) is 5.01. The second-order valence-corrected chi connectivity index (χ2v) is 16.5. The summed E-state index contributed by atoms with van der Waals surface area (Å²) in [7, 11) is 0. The highest BCUT2D eigenvalue weighted by Crippen LogP contribution is 2.44. The Balaban J connectivity index is 1.22. The number of aryl methyl sites for hydroxylation is 1. The third-order valence-electron chi connectivity index (χ3n) is 13.0. The second kappa shape index (κ2) is 18.5. The zero-order valence-corrected chi connectivity index (χ0v) is 34.6. The average Bonchev–Trinajstić information content (AvgIpc) is 3.78. The number of hydrogen-bond donors (Lipinski definition) is 0. The molecule has 8 rings (SSSR count). The number of morpholine rings is 2. The summed E-state index contributed by atoms with van der Waals surface area (Å²) in [5, 5.41) is 0.923. The van der Waals surface area contributed by atoms with E-state index in [1.165, 1.54) is 22.6 Å². The Morgan fingerprint density at radius 1 is 0.552 bits per heavy atom. The maximum Gasteiger partial charge on any atom is 0.262 e. The summed E-state index contributed by atoms with van der Waals surface area (Å²) in [5.74, 6) is -1.40. The van der Waals surface area contributed by atoms with Gasteiger partial charge in [0.15, 0.2) is 0 Å². The van der Waals surface area contributed by atoms with E-state index in [1.54, 1.807) is 0 Å². The van der Waals surface area contributed by atoms with Crippen molar-refractivity contribution in [2.24, 2.45) is 0 Å². The number of amides is 4. The van der Waals surface area contributed by atoms with Crippen molar-refractivity contribution in [2.75, 3.05) is 112 Å². The molecule has 3 fully saturated rings. The fourth-order valence-corrected chi connectivity index (χ4v) is 9.62. The van der Waals surface area contributed by atoms with E-state index in [9.17, 15) is 19.2 Å². The van der Waals surface area contributed by atoms with Crippen LogP contribution < -0.4 is 0 Å². The molecule has 0 saturated carbocycles. The normalized spacial score (nSPS) is 19.4. The average molecular weight is 793 g/mol. The fourth-order valence-electron chi connectivity index (χ4n) is 9.62. The van der Waals surface area contributed by atoms with E-state index in [1.807, 2.05) is 24.3 Å². The van der Waals surface area contributed by atoms with Crippen molar-refractivity contribution in [1.82, 2.24) is 29.4 Å². The summed E-state index contributed by atoms with van der Waals surface area (Å²) in [6, 6.07) is 12.0. The van der Waals surface area contributed by atoms with E-state index < -0.39 is 0 Å². The van der Waals surface area contributed by atoms with Gasteiger partial charge in [0.1, 0.15) is 0 Å². The van der Waals surface area contributed by atoms with Crippen molar-refractivity contribution < 1.29 is 28.7 Å². The number of imide groups is 2. The monoisotopic (exact) mass is 792 g/mol. The van der Waals surface area contributed by atoms with Gasteiger partial charge in [-0.15, -0.1) is 0 Å². The maximum atomic E-state index is 14.9. The predicted molar refractivity (Wildman–Crippen MR) is 224 cm³/mol. The van der Waals surface area contributed by atoms with Crippen LogP contribution in [0.5, 0.6) is 0 Å². The van der Waals surface area contributed by atoms with Gasteiger partial charge in [0.2, 0.25) is 0 Å². The van der Waals surface area contributed by atoms with Gasteiger partial charge < -0.3 is 14.4 Å². The van der Waals surface area contributed by atoms with Crippen molar-refractivity contribution in [3.05, 3.63) is 69.8 Å². The lowest BCUT2D eigenvalue weighted by molar-refractivity contribution is 0.0351. The molecule has 0 bridgehead atoms. The first-order chi connectivity index (χ1) is 28.4. The molecule has 0 spiro atoms. The molecular formula is C46H60N6O6. The third-order valence-corrected chi connectivity index (χ3v) is 13.0. The Hall–Kier alpha value is -4.04. The van der Waals surface area contributed by atoms with E-state index in [4.69, 9.17) is 9.47 Å². The SMILES string of the molecule is CCN(CC)Cc1ccc(-c2cc3c4c(c(CCCN5CCCC5)cc5c4c2C(=O)N(CCCN2CCOCC2)C5=O)C(=O)N(CCCN2CCOCC2)C3=O)cc1. The Bertz CT molecular complexity index is 2000. The molecule has 310 valence electrons. The molecule has 0 aliphatic carbocycles. The molecule has 3 aromatic carbocycles. The number of nitrogens with zero attached hydrogens (tertiary/aromatic N) is 6. The molecule has 0 radical (unpaired) electrons. The maximum absolute atomic E-state index is 14.9. The molecule has 0 aromatic heterocycles. The van der Waals surface area contributed by atoms with Crippen molar-refractivity contribution >= 4 is 34.4 Å². The van der Waals surface area contributed by atoms with Gasteiger partial charge in [-0.2, -0.15) is 0 Å². The number of ether oxygens (including phenoxy) is 2. The Morgan fingerprint density at radius 3 is 1.62 bits per heavy atom. The summed E-state index contributed by atoms with van der Waals surface area (Å²) >= 11 is 0. The number of hydrogen-bond acceptors (Lipinski definition) is 10. The first-order valence-corrected chi connectivity index (χ1v) is 21.9. The smallest absolute Gasteiger partial charge is 0.262 e. The van der Waals surface area contributed by atoms with Gasteiger partial charge in [-0.05, 0) is 106 Å². The largest absolute Gasteiger partial charge is 0.379 e. The molecular weight excluding hydrogens is 733 g/mol. The lowest BCUT2D eigenvalue weighted by Crippen LogP contribution is -2.46. The van der Waals surface area contributed by atoms with Gasteiger partial charge in [0.25, 0.3) is 23.6 Å². The minimum atomic E-state index is -0.367. The zero-order chi connectivity index (χ0) is 40.2. The zero-order valence-electron chi connectivity index (χ0n) is 34.6. The van der Waals surface area contributed by atoms with Crippen LogP contribution in [0.25, 0.3) is 21.9 Å². The number of rotatable bonds is 17. The Kier molecular flexibility index (Phi) is 13.0. The van der Waals surface area contributed by atoms with Crippen LogP contribution in [0.4, 0.5) is 0 Å². The minimum absolute atomic E-state index is 0.279. The highest BCUT2D eigenvalue weighted by molar-refractivity contribution is 6.35. The molecule has 0 atom stereocenters. The van der Waals surface area contributed by atoms with Crippen LogP contribution in [0.3, 0.4) is 0 Å². The van der Waals surface area contributed by atoms with Crippen LogP contribution in [-0.2, 0) is 22.4 Å². The second-order valence-electron chi connectivity index (χ2n) is 16.5. The lowest BCUT2D eigenvalue weighted by Gasteiger charge is -2.35. The van der Waals surface area contributed by atoms with E-state index in [-0.39, 0.29) is 36.7 Å². The van der Waals surface area contributed by atoms with Crippen molar-refractivity contribution in [2.45, 2.75) is 58.9 Å². The van der Waals surface area contributed by atoms with Crippen molar-refractivity contribution in [1.29, 1.82) is 0 Å². The first-order valence-electron chi connectivity index (χ1n) is 21.9. The van der Waals surface area contributed by atoms with Gasteiger partial charge in [0, 0.05) is 80.8 Å². The van der Waals surface area contributed by atoms with Crippen LogP contribution in [-0.4, -0.2) is 165 Å². The quantitative estimate of drug-likeness (QED) is 0.173. The Morgan fingerprint density at radius 2 is 1.05 bits per heavy atom. The fraction of sp³-hybridized carbons (Fsp3) is 0.565. The van der Waals surface area contributed by atoms with E-state index in [0.29, 0.717) is 84.3 Å². The van der Waals surface area contributed by atoms with Gasteiger partial charge >= 0.3 is 0 Å². The molecule has 5 heterocycles. The summed E-state index contributed by atoms with van der Waals surface area (Å²) in [4.78, 5) is 71.4. The van der Waals surface area contributed by atoms with E-state index in [0.717, 1.165) is 102 Å². The van der Waals surface area contributed by atoms with Gasteiger partial charge in [-0.3, -0.25) is 43.7 Å². The number of carbonyl (C=O) groups excluding carboxylic acids is 4. The topological polar surface area (TPSA) is 106 Å². The third kappa shape index (κ3) is 8.37. The van der Waals surface area contributed by atoms with Crippen LogP contribution in [0, 0.1) is 0 Å². The van der Waals surface area contributed by atoms with Crippen molar-refractivity contribution in [3.63, 3.8) is 0 Å². The Labute approximate surface area is 343 Å². The van der Waals surface area contributed by atoms with Gasteiger partial charge in [-0.25, -0.2) is 0 Å². The number of carbonyl (C=O) groups is 4. The van der Waals surface area contributed by atoms with Gasteiger partial charge in [0.05, 0.1) is 37.6 Å². The van der Waals surface area contributed by atoms with Crippen LogP contribution in [0.2, 0.25) is 0 Å². The molecule has 5 aliphatic heterocycles. The molecule has 0 unspecified atom stereocenters. The highest BCUT2D eigenvalue weighted by Gasteiger charge is 2.42. The molecule has 58 heavy (non-hydrogen) atoms. The summed E-state index contributed by atoms with van der Waals surface area (Å²) in [6.45, 7) is 18.2. The van der Waals surface area contributed by atoms with E-state index >= 15 is 0 Å². The van der Waals surface area contributed by atoms with Crippen LogP contribution in [0.1, 0.15) is 98.5 Å². The molecule has 12 nitrogen and oxygen atoms in total. The summed E-state index contributed by atoms with van der Waals surface area (Å²) < 4.78 is 11.1. The number of likely N-dealkylation sites (tertiary alicyclic amines) is 1. The summed E-state index contributed by atoms with van der Waals surface area (Å²) in [6.07, 6.45) is 5.10. The first kappa shape index (κ1) is 40.7. The molecule has 4 amide bonds. The van der Waals surface area contributed by atoms with Gasteiger partial charge in [-0.1, -0.05) is 38.1 Å². The molecule has 12 heteroatoms. The lowest BCUT2D eigenvalue weighted by atomic mass is 9.79. The number of benzene rings is 3.